The van der Waals surface area contributed by atoms with Gasteiger partial charge in [-0.15, -0.1) is 0 Å². The molecule has 5 nitrogen and oxygen atoms in total. The molecule has 1 unspecified atom stereocenters. The number of likely N-dealkylation sites (N-methyl/N-ethyl adjacent to an activating group) is 1. The van der Waals surface area contributed by atoms with Crippen molar-refractivity contribution in [3.8, 4) is 0 Å². The summed E-state index contributed by atoms with van der Waals surface area (Å²) >= 11 is 0. The molecule has 2 aromatic carbocycles. The molecule has 5 heteroatoms. The van der Waals surface area contributed by atoms with Crippen molar-refractivity contribution >= 4 is 17.4 Å². The van der Waals surface area contributed by atoms with Gasteiger partial charge in [0.05, 0.1) is 11.6 Å². The van der Waals surface area contributed by atoms with Crippen molar-refractivity contribution in [1.29, 1.82) is 0 Å². The first-order valence-corrected chi connectivity index (χ1v) is 10.7. The van der Waals surface area contributed by atoms with Gasteiger partial charge >= 0.3 is 0 Å². The fourth-order valence-corrected chi connectivity index (χ4v) is 3.96. The summed E-state index contributed by atoms with van der Waals surface area (Å²) in [5.41, 5.74) is 4.60. The standard InChI is InChI=1S/C26H32N2O3/c1-16(2)19-9-11-20(12-10-19)23-22(24(29)21-15-17(3)7-8-18(21)4)25(30)26(31)28(23)14-13-27(5)6/h7-12,15-16,23,29H,13-14H2,1-6H3. The molecule has 0 aromatic heterocycles. The molecule has 2 aromatic rings. The Bertz CT molecular complexity index is 1020. The van der Waals surface area contributed by atoms with Gasteiger partial charge in [-0.1, -0.05) is 55.8 Å². The average molecular weight is 421 g/mol. The maximum atomic E-state index is 13.1. The van der Waals surface area contributed by atoms with Gasteiger partial charge in [0.1, 0.15) is 5.76 Å². The van der Waals surface area contributed by atoms with E-state index in [2.05, 4.69) is 13.8 Å². The Morgan fingerprint density at radius 2 is 1.71 bits per heavy atom. The highest BCUT2D eigenvalue weighted by atomic mass is 16.3. The lowest BCUT2D eigenvalue weighted by molar-refractivity contribution is -0.140. The molecule has 164 valence electrons. The second-order valence-electron chi connectivity index (χ2n) is 8.94. The predicted molar refractivity (Wildman–Crippen MR) is 124 cm³/mol. The van der Waals surface area contributed by atoms with E-state index in [9.17, 15) is 14.7 Å². The molecule has 1 fully saturated rings. The van der Waals surface area contributed by atoms with Crippen LogP contribution in [0.2, 0.25) is 0 Å². The van der Waals surface area contributed by atoms with Crippen molar-refractivity contribution < 1.29 is 14.7 Å². The largest absolute Gasteiger partial charge is 0.507 e. The Balaban J connectivity index is 2.17. The molecule has 0 radical (unpaired) electrons. The third-order valence-corrected chi connectivity index (χ3v) is 5.90. The SMILES string of the molecule is Cc1ccc(C)c(C(O)=C2C(=O)C(=O)N(CCN(C)C)C2c2ccc(C(C)C)cc2)c1. The van der Waals surface area contributed by atoms with Gasteiger partial charge in [-0.2, -0.15) is 0 Å². The molecular weight excluding hydrogens is 388 g/mol. The van der Waals surface area contributed by atoms with E-state index in [1.165, 1.54) is 5.56 Å². The Hall–Kier alpha value is -2.92. The van der Waals surface area contributed by atoms with Gasteiger partial charge in [-0.3, -0.25) is 9.59 Å². The number of aryl methyl sites for hydroxylation is 2. The van der Waals surface area contributed by atoms with Gasteiger partial charge in [0, 0.05) is 18.7 Å². The van der Waals surface area contributed by atoms with Crippen molar-refractivity contribution in [2.45, 2.75) is 39.7 Å². The zero-order valence-electron chi connectivity index (χ0n) is 19.3. The van der Waals surface area contributed by atoms with Crippen LogP contribution in [-0.4, -0.2) is 53.8 Å². The van der Waals surface area contributed by atoms with Crippen LogP contribution in [0.25, 0.3) is 5.76 Å². The number of hydrogen-bond donors (Lipinski definition) is 1. The van der Waals surface area contributed by atoms with Crippen molar-refractivity contribution in [3.05, 3.63) is 75.9 Å². The molecule has 1 aliphatic rings. The summed E-state index contributed by atoms with van der Waals surface area (Å²) in [6, 6.07) is 13.1. The molecule has 3 rings (SSSR count). The van der Waals surface area contributed by atoms with Gasteiger partial charge < -0.3 is 14.9 Å². The number of likely N-dealkylation sites (tertiary alicyclic amines) is 1. The summed E-state index contributed by atoms with van der Waals surface area (Å²) < 4.78 is 0. The van der Waals surface area contributed by atoms with Crippen LogP contribution in [0.5, 0.6) is 0 Å². The van der Waals surface area contributed by atoms with Crippen LogP contribution in [0.4, 0.5) is 0 Å². The van der Waals surface area contributed by atoms with Crippen LogP contribution in [0.15, 0.2) is 48.0 Å². The van der Waals surface area contributed by atoms with Crippen LogP contribution >= 0.6 is 0 Å². The van der Waals surface area contributed by atoms with E-state index in [1.807, 2.05) is 75.3 Å². The monoisotopic (exact) mass is 420 g/mol. The smallest absolute Gasteiger partial charge is 0.295 e. The first-order chi connectivity index (χ1) is 14.6. The quantitative estimate of drug-likeness (QED) is 0.427. The fraction of sp³-hybridized carbons (Fsp3) is 0.385. The first kappa shape index (κ1) is 22.8. The molecule has 1 N–H and O–H groups in total. The molecule has 0 saturated carbocycles. The molecule has 0 bridgehead atoms. The Labute approximate surface area is 185 Å². The van der Waals surface area contributed by atoms with E-state index >= 15 is 0 Å². The number of hydrogen-bond acceptors (Lipinski definition) is 4. The minimum atomic E-state index is -0.630. The first-order valence-electron chi connectivity index (χ1n) is 10.7. The second-order valence-corrected chi connectivity index (χ2v) is 8.94. The number of ketones is 1. The van der Waals surface area contributed by atoms with E-state index in [4.69, 9.17) is 0 Å². The summed E-state index contributed by atoms with van der Waals surface area (Å²) in [5, 5.41) is 11.3. The fourth-order valence-electron chi connectivity index (χ4n) is 3.96. The van der Waals surface area contributed by atoms with Crippen LogP contribution in [0.3, 0.4) is 0 Å². The van der Waals surface area contributed by atoms with Gasteiger partial charge in [0.25, 0.3) is 11.7 Å². The maximum absolute atomic E-state index is 13.1. The minimum absolute atomic E-state index is 0.107. The van der Waals surface area contributed by atoms with Crippen molar-refractivity contribution in [2.24, 2.45) is 0 Å². The highest BCUT2D eigenvalue weighted by Gasteiger charge is 2.46. The average Bonchev–Trinajstić information content (AvgIpc) is 2.98. The number of benzene rings is 2. The minimum Gasteiger partial charge on any atom is -0.507 e. The Morgan fingerprint density at radius 1 is 1.06 bits per heavy atom. The summed E-state index contributed by atoms with van der Waals surface area (Å²) in [7, 11) is 3.86. The number of rotatable bonds is 6. The lowest BCUT2D eigenvalue weighted by atomic mass is 9.92. The van der Waals surface area contributed by atoms with Gasteiger partial charge in [0.15, 0.2) is 0 Å². The number of Topliss-reactive ketones (excluding diaryl/α,β-unsaturated/α-hetero) is 1. The number of aliphatic hydroxyl groups excluding tert-OH is 1. The second kappa shape index (κ2) is 9.06. The van der Waals surface area contributed by atoms with Gasteiger partial charge in [0.2, 0.25) is 0 Å². The zero-order chi connectivity index (χ0) is 22.9. The molecule has 1 saturated heterocycles. The number of carbonyl (C=O) groups excluding carboxylic acids is 2. The number of nitrogens with zero attached hydrogens (tertiary/aromatic N) is 2. The van der Waals surface area contributed by atoms with E-state index in [-0.39, 0.29) is 11.3 Å². The molecule has 1 heterocycles. The number of aliphatic hydroxyl groups is 1. The molecule has 1 atom stereocenters. The highest BCUT2D eigenvalue weighted by Crippen LogP contribution is 2.40. The summed E-state index contributed by atoms with van der Waals surface area (Å²) in [5.74, 6) is -0.921. The van der Waals surface area contributed by atoms with E-state index in [0.717, 1.165) is 16.7 Å². The van der Waals surface area contributed by atoms with Crippen molar-refractivity contribution in [3.63, 3.8) is 0 Å². The van der Waals surface area contributed by atoms with Crippen molar-refractivity contribution in [2.75, 3.05) is 27.2 Å². The van der Waals surface area contributed by atoms with Crippen LogP contribution in [0, 0.1) is 13.8 Å². The number of amides is 1. The molecule has 31 heavy (non-hydrogen) atoms. The lowest BCUT2D eigenvalue weighted by Crippen LogP contribution is -2.35. The molecule has 1 amide bonds. The Kier molecular flexibility index (Phi) is 6.65. The highest BCUT2D eigenvalue weighted by molar-refractivity contribution is 6.46. The molecule has 0 aliphatic carbocycles. The predicted octanol–water partition coefficient (Wildman–Crippen LogP) is 4.41. The summed E-state index contributed by atoms with van der Waals surface area (Å²) in [6.07, 6.45) is 0. The normalized spacial score (nSPS) is 18.5. The van der Waals surface area contributed by atoms with E-state index < -0.39 is 17.7 Å². The third kappa shape index (κ3) is 4.57. The maximum Gasteiger partial charge on any atom is 0.295 e. The molecule has 0 spiro atoms. The van der Waals surface area contributed by atoms with Crippen LogP contribution < -0.4 is 0 Å². The lowest BCUT2D eigenvalue weighted by Gasteiger charge is -2.27. The topological polar surface area (TPSA) is 60.9 Å². The van der Waals surface area contributed by atoms with E-state index in [0.29, 0.717) is 24.6 Å². The molecule has 1 aliphatic heterocycles. The van der Waals surface area contributed by atoms with Gasteiger partial charge in [-0.05, 0) is 56.6 Å². The summed E-state index contributed by atoms with van der Waals surface area (Å²) in [6.45, 7) is 9.10. The zero-order valence-corrected chi connectivity index (χ0v) is 19.3. The third-order valence-electron chi connectivity index (χ3n) is 5.90. The van der Waals surface area contributed by atoms with Crippen LogP contribution in [-0.2, 0) is 9.59 Å². The van der Waals surface area contributed by atoms with Crippen LogP contribution in [0.1, 0.15) is 53.6 Å². The Morgan fingerprint density at radius 3 is 2.29 bits per heavy atom. The van der Waals surface area contributed by atoms with Crippen molar-refractivity contribution in [1.82, 2.24) is 9.80 Å². The number of carbonyl (C=O) groups is 2. The van der Waals surface area contributed by atoms with E-state index in [1.54, 1.807) is 4.90 Å². The summed E-state index contributed by atoms with van der Waals surface area (Å²) in [4.78, 5) is 29.7. The molecular formula is C26H32N2O3. The van der Waals surface area contributed by atoms with Gasteiger partial charge in [-0.25, -0.2) is 0 Å².